The van der Waals surface area contributed by atoms with E-state index in [1.807, 2.05) is 72.6 Å². The van der Waals surface area contributed by atoms with Crippen LogP contribution in [0.15, 0.2) is 83.3 Å². The topological polar surface area (TPSA) is 38.1 Å². The average Bonchev–Trinajstić information content (AvgIpc) is 2.66. The number of anilines is 1. The number of benzene rings is 2. The van der Waals surface area contributed by atoms with Crippen molar-refractivity contribution in [3.05, 3.63) is 94.7 Å². The van der Waals surface area contributed by atoms with Crippen LogP contribution in [0, 0.1) is 6.92 Å². The number of allylic oxidation sites excluding steroid dienone is 4. The fourth-order valence-corrected chi connectivity index (χ4v) is 3.22. The highest BCUT2D eigenvalue weighted by Gasteiger charge is 2.19. The highest BCUT2D eigenvalue weighted by Crippen LogP contribution is 2.25. The summed E-state index contributed by atoms with van der Waals surface area (Å²) in [6.07, 6.45) is 8.09. The standard InChI is InChI=1S/C21H19N3O/c1-16-22-20-15-9-8-14-19(20)21(25)23(16)24(17-10-4-2-5-11-17)18-12-6-3-7-13-18/h2-6,8-12,14-15H,7,13H2,1H3. The summed E-state index contributed by atoms with van der Waals surface area (Å²) in [5, 5.41) is 2.61. The van der Waals surface area contributed by atoms with Crippen LogP contribution in [0.2, 0.25) is 0 Å². The Balaban J connectivity index is 2.00. The van der Waals surface area contributed by atoms with Crippen molar-refractivity contribution < 1.29 is 0 Å². The maximum Gasteiger partial charge on any atom is 0.280 e. The van der Waals surface area contributed by atoms with Crippen LogP contribution in [0.5, 0.6) is 0 Å². The fourth-order valence-electron chi connectivity index (χ4n) is 3.22. The van der Waals surface area contributed by atoms with Gasteiger partial charge in [-0.25, -0.2) is 9.99 Å². The minimum absolute atomic E-state index is 0.0533. The molecule has 1 aliphatic rings. The van der Waals surface area contributed by atoms with E-state index in [9.17, 15) is 4.79 Å². The highest BCUT2D eigenvalue weighted by molar-refractivity contribution is 5.77. The van der Waals surface area contributed by atoms with E-state index < -0.39 is 0 Å². The van der Waals surface area contributed by atoms with Gasteiger partial charge >= 0.3 is 0 Å². The molecule has 0 atom stereocenters. The minimum Gasteiger partial charge on any atom is -0.267 e. The summed E-state index contributed by atoms with van der Waals surface area (Å²) in [6.45, 7) is 1.88. The van der Waals surface area contributed by atoms with E-state index in [0.29, 0.717) is 11.2 Å². The summed E-state index contributed by atoms with van der Waals surface area (Å²) in [5.41, 5.74) is 2.71. The summed E-state index contributed by atoms with van der Waals surface area (Å²) in [4.78, 5) is 17.9. The highest BCUT2D eigenvalue weighted by atomic mass is 16.1. The van der Waals surface area contributed by atoms with E-state index in [-0.39, 0.29) is 5.56 Å². The second-order valence-corrected chi connectivity index (χ2v) is 6.07. The average molecular weight is 329 g/mol. The second kappa shape index (κ2) is 6.40. The van der Waals surface area contributed by atoms with Crippen molar-refractivity contribution in [3.8, 4) is 0 Å². The van der Waals surface area contributed by atoms with Gasteiger partial charge in [0.25, 0.3) is 5.56 Å². The molecule has 0 amide bonds. The predicted octanol–water partition coefficient (Wildman–Crippen LogP) is 4.21. The molecule has 0 fully saturated rings. The first-order valence-corrected chi connectivity index (χ1v) is 8.45. The van der Waals surface area contributed by atoms with Crippen molar-refractivity contribution in [2.45, 2.75) is 19.8 Å². The number of fused-ring (bicyclic) bond motifs is 1. The summed E-state index contributed by atoms with van der Waals surface area (Å²) < 4.78 is 1.68. The third-order valence-electron chi connectivity index (χ3n) is 4.38. The summed E-state index contributed by atoms with van der Waals surface area (Å²) >= 11 is 0. The van der Waals surface area contributed by atoms with Crippen molar-refractivity contribution in [2.24, 2.45) is 0 Å². The summed E-state index contributed by atoms with van der Waals surface area (Å²) in [6, 6.07) is 17.5. The normalized spacial score (nSPS) is 13.7. The quantitative estimate of drug-likeness (QED) is 0.722. The lowest BCUT2D eigenvalue weighted by atomic mass is 10.1. The lowest BCUT2D eigenvalue weighted by Gasteiger charge is -2.31. The molecule has 0 N–H and O–H groups in total. The Kier molecular flexibility index (Phi) is 3.94. The Morgan fingerprint density at radius 3 is 2.56 bits per heavy atom. The molecular weight excluding hydrogens is 310 g/mol. The van der Waals surface area contributed by atoms with Crippen molar-refractivity contribution in [1.29, 1.82) is 0 Å². The Morgan fingerprint density at radius 1 is 1.04 bits per heavy atom. The molecule has 1 heterocycles. The van der Waals surface area contributed by atoms with Crippen LogP contribution in [0.1, 0.15) is 18.7 Å². The number of para-hydroxylation sites is 2. The van der Waals surface area contributed by atoms with Gasteiger partial charge in [0, 0.05) is 5.70 Å². The zero-order chi connectivity index (χ0) is 17.2. The van der Waals surface area contributed by atoms with Gasteiger partial charge < -0.3 is 0 Å². The molecule has 0 radical (unpaired) electrons. The fraction of sp³-hybridized carbons (Fsp3) is 0.143. The second-order valence-electron chi connectivity index (χ2n) is 6.07. The van der Waals surface area contributed by atoms with Gasteiger partial charge in [0.1, 0.15) is 5.82 Å². The van der Waals surface area contributed by atoms with Gasteiger partial charge in [-0.3, -0.25) is 4.79 Å². The first-order valence-electron chi connectivity index (χ1n) is 8.45. The molecule has 124 valence electrons. The van der Waals surface area contributed by atoms with Crippen LogP contribution >= 0.6 is 0 Å². The molecule has 25 heavy (non-hydrogen) atoms. The molecule has 0 saturated carbocycles. The van der Waals surface area contributed by atoms with Gasteiger partial charge in [0.05, 0.1) is 16.6 Å². The molecule has 4 heteroatoms. The number of aromatic nitrogens is 2. The molecule has 3 aromatic rings. The summed E-state index contributed by atoms with van der Waals surface area (Å²) in [7, 11) is 0. The SMILES string of the molecule is Cc1nc2ccccc2c(=O)n1N(C1=CC=CCC1)c1ccccc1. The van der Waals surface area contributed by atoms with E-state index in [1.54, 1.807) is 4.68 Å². The van der Waals surface area contributed by atoms with Gasteiger partial charge in [0.15, 0.2) is 0 Å². The molecule has 0 bridgehead atoms. The molecule has 1 aliphatic carbocycles. The van der Waals surface area contributed by atoms with E-state index >= 15 is 0 Å². The van der Waals surface area contributed by atoms with Crippen molar-refractivity contribution in [1.82, 2.24) is 9.66 Å². The molecule has 2 aromatic carbocycles. The molecule has 0 unspecified atom stereocenters. The van der Waals surface area contributed by atoms with Gasteiger partial charge in [-0.15, -0.1) is 0 Å². The van der Waals surface area contributed by atoms with Crippen molar-refractivity contribution in [2.75, 3.05) is 5.01 Å². The Labute approximate surface area is 146 Å². The van der Waals surface area contributed by atoms with Crippen LogP contribution in [0.3, 0.4) is 0 Å². The maximum absolute atomic E-state index is 13.2. The Bertz CT molecular complexity index is 1030. The number of aryl methyl sites for hydroxylation is 1. The molecule has 0 saturated heterocycles. The van der Waals surface area contributed by atoms with E-state index in [1.165, 1.54) is 0 Å². The first-order chi connectivity index (χ1) is 12.3. The zero-order valence-electron chi connectivity index (χ0n) is 14.1. The van der Waals surface area contributed by atoms with Gasteiger partial charge in [-0.1, -0.05) is 42.5 Å². The number of rotatable bonds is 3. The van der Waals surface area contributed by atoms with Crippen LogP contribution in [-0.4, -0.2) is 9.66 Å². The number of nitrogens with zero attached hydrogens (tertiary/aromatic N) is 3. The Hall–Kier alpha value is -3.14. The predicted molar refractivity (Wildman–Crippen MR) is 102 cm³/mol. The number of hydrogen-bond acceptors (Lipinski definition) is 3. The minimum atomic E-state index is -0.0533. The van der Waals surface area contributed by atoms with Crippen molar-refractivity contribution >= 4 is 16.6 Å². The summed E-state index contributed by atoms with van der Waals surface area (Å²) in [5.74, 6) is 0.669. The molecular formula is C21H19N3O. The largest absolute Gasteiger partial charge is 0.280 e. The van der Waals surface area contributed by atoms with E-state index in [0.717, 1.165) is 29.7 Å². The van der Waals surface area contributed by atoms with Crippen LogP contribution in [0.25, 0.3) is 10.9 Å². The lowest BCUT2D eigenvalue weighted by Crippen LogP contribution is -2.40. The monoisotopic (exact) mass is 329 g/mol. The number of hydrogen-bond donors (Lipinski definition) is 0. The smallest absolute Gasteiger partial charge is 0.267 e. The van der Waals surface area contributed by atoms with E-state index in [2.05, 4.69) is 17.1 Å². The van der Waals surface area contributed by atoms with Crippen LogP contribution in [0.4, 0.5) is 5.69 Å². The molecule has 0 aliphatic heterocycles. The van der Waals surface area contributed by atoms with E-state index in [4.69, 9.17) is 0 Å². The van der Waals surface area contributed by atoms with Gasteiger partial charge in [0.2, 0.25) is 0 Å². The van der Waals surface area contributed by atoms with Crippen molar-refractivity contribution in [3.63, 3.8) is 0 Å². The van der Waals surface area contributed by atoms with Gasteiger partial charge in [-0.2, -0.15) is 4.68 Å². The van der Waals surface area contributed by atoms with Crippen LogP contribution < -0.4 is 10.6 Å². The zero-order valence-corrected chi connectivity index (χ0v) is 14.1. The maximum atomic E-state index is 13.2. The van der Waals surface area contributed by atoms with Gasteiger partial charge in [-0.05, 0) is 50.1 Å². The molecule has 4 rings (SSSR count). The Morgan fingerprint density at radius 2 is 1.80 bits per heavy atom. The first kappa shape index (κ1) is 15.4. The third-order valence-corrected chi connectivity index (χ3v) is 4.38. The van der Waals surface area contributed by atoms with Crippen LogP contribution in [-0.2, 0) is 0 Å². The lowest BCUT2D eigenvalue weighted by molar-refractivity contribution is 0.672. The molecule has 1 aromatic heterocycles. The molecule has 0 spiro atoms. The third kappa shape index (κ3) is 2.76. The molecule has 4 nitrogen and oxygen atoms in total.